The number of para-hydroxylation sites is 1. The molecule has 0 amide bonds. The summed E-state index contributed by atoms with van der Waals surface area (Å²) in [6, 6.07) is 9.49. The third kappa shape index (κ3) is 4.72. The first kappa shape index (κ1) is 18.0. The van der Waals surface area contributed by atoms with Crippen molar-refractivity contribution in [2.24, 2.45) is 0 Å². The van der Waals surface area contributed by atoms with E-state index in [1.807, 2.05) is 0 Å². The molecule has 0 spiro atoms. The lowest BCUT2D eigenvalue weighted by Gasteiger charge is -2.35. The second-order valence-corrected chi connectivity index (χ2v) is 5.46. The van der Waals surface area contributed by atoms with Crippen molar-refractivity contribution in [3.8, 4) is 0 Å². The summed E-state index contributed by atoms with van der Waals surface area (Å²) in [6.07, 6.45) is 3.27. The van der Waals surface area contributed by atoms with Crippen molar-refractivity contribution in [3.05, 3.63) is 29.8 Å². The highest BCUT2D eigenvalue weighted by Crippen LogP contribution is 2.30. The maximum Gasteiger partial charge on any atom is 0.0606 e. The lowest BCUT2D eigenvalue weighted by molar-refractivity contribution is 0.295. The average molecular weight is 292 g/mol. The predicted molar refractivity (Wildman–Crippen MR) is 92.0 cm³/mol. The molecule has 2 N–H and O–H groups in total. The third-order valence-electron chi connectivity index (χ3n) is 4.20. The molecule has 0 heterocycles. The van der Waals surface area contributed by atoms with Gasteiger partial charge in [0.05, 0.1) is 6.61 Å². The van der Waals surface area contributed by atoms with Crippen molar-refractivity contribution in [1.82, 2.24) is 5.32 Å². The van der Waals surface area contributed by atoms with E-state index in [1.54, 1.807) is 0 Å². The smallest absolute Gasteiger partial charge is 0.0606 e. The topological polar surface area (TPSA) is 35.5 Å². The largest absolute Gasteiger partial charge is 0.395 e. The van der Waals surface area contributed by atoms with Crippen LogP contribution in [0.3, 0.4) is 0 Å². The fraction of sp³-hybridized carbons (Fsp3) is 0.667. The Morgan fingerprint density at radius 2 is 1.71 bits per heavy atom. The summed E-state index contributed by atoms with van der Waals surface area (Å²) in [5.41, 5.74) is 2.62. The summed E-state index contributed by atoms with van der Waals surface area (Å²) in [6.45, 7) is 10.7. The normalized spacial score (nSPS) is 12.7. The van der Waals surface area contributed by atoms with Crippen LogP contribution in [0.25, 0.3) is 0 Å². The van der Waals surface area contributed by atoms with Crippen molar-refractivity contribution in [3.63, 3.8) is 0 Å². The van der Waals surface area contributed by atoms with E-state index < -0.39 is 0 Å². The first-order valence-electron chi connectivity index (χ1n) is 8.43. The molecule has 0 bridgehead atoms. The van der Waals surface area contributed by atoms with Crippen LogP contribution in [0.1, 0.15) is 58.6 Å². The lowest BCUT2D eigenvalue weighted by Crippen LogP contribution is -2.38. The zero-order valence-electron chi connectivity index (χ0n) is 14.1. The molecule has 3 heteroatoms. The Morgan fingerprint density at radius 1 is 1.05 bits per heavy atom. The molecule has 1 aromatic rings. The Kier molecular flexibility index (Phi) is 8.40. The van der Waals surface area contributed by atoms with Crippen molar-refractivity contribution in [1.29, 1.82) is 0 Å². The molecule has 0 saturated carbocycles. The second kappa shape index (κ2) is 9.80. The van der Waals surface area contributed by atoms with E-state index in [1.165, 1.54) is 11.3 Å². The first-order chi connectivity index (χ1) is 10.2. The summed E-state index contributed by atoms with van der Waals surface area (Å²) >= 11 is 0. The molecule has 3 nitrogen and oxygen atoms in total. The molecule has 0 aliphatic carbocycles. The summed E-state index contributed by atoms with van der Waals surface area (Å²) in [5.74, 6) is 0. The molecule has 1 atom stereocenters. The van der Waals surface area contributed by atoms with Crippen molar-refractivity contribution < 1.29 is 5.11 Å². The maximum absolute atomic E-state index is 9.47. The van der Waals surface area contributed by atoms with Gasteiger partial charge >= 0.3 is 0 Å². The fourth-order valence-electron chi connectivity index (χ4n) is 3.10. The molecule has 120 valence electrons. The maximum atomic E-state index is 9.47. The molecule has 1 aromatic carbocycles. The predicted octanol–water partition coefficient (Wildman–Crippen LogP) is 3.73. The summed E-state index contributed by atoms with van der Waals surface area (Å²) in [7, 11) is 0. The minimum atomic E-state index is 0.197. The van der Waals surface area contributed by atoms with Gasteiger partial charge in [0.15, 0.2) is 0 Å². The first-order valence-corrected chi connectivity index (χ1v) is 8.43. The highest BCUT2D eigenvalue weighted by molar-refractivity contribution is 5.56. The van der Waals surface area contributed by atoms with Gasteiger partial charge in [0.1, 0.15) is 0 Å². The van der Waals surface area contributed by atoms with E-state index in [0.29, 0.717) is 18.6 Å². The number of nitrogens with zero attached hydrogens (tertiary/aromatic N) is 1. The minimum absolute atomic E-state index is 0.197. The van der Waals surface area contributed by atoms with Crippen LogP contribution in [-0.2, 0) is 0 Å². The van der Waals surface area contributed by atoms with Crippen LogP contribution >= 0.6 is 0 Å². The number of anilines is 1. The van der Waals surface area contributed by atoms with E-state index >= 15 is 0 Å². The van der Waals surface area contributed by atoms with Crippen LogP contribution in [0, 0.1) is 0 Å². The van der Waals surface area contributed by atoms with Crippen LogP contribution in [-0.4, -0.2) is 30.8 Å². The molecular weight excluding hydrogens is 260 g/mol. The van der Waals surface area contributed by atoms with Gasteiger partial charge in [-0.25, -0.2) is 0 Å². The van der Waals surface area contributed by atoms with Crippen LogP contribution in [0.2, 0.25) is 0 Å². The number of hydrogen-bond donors (Lipinski definition) is 2. The lowest BCUT2D eigenvalue weighted by atomic mass is 9.99. The summed E-state index contributed by atoms with van der Waals surface area (Å²) < 4.78 is 0. The Balaban J connectivity index is 3.18. The number of nitrogens with one attached hydrogen (secondary N) is 1. The van der Waals surface area contributed by atoms with Crippen LogP contribution in [0.4, 0.5) is 5.69 Å². The molecule has 21 heavy (non-hydrogen) atoms. The Morgan fingerprint density at radius 3 is 2.24 bits per heavy atom. The number of hydrogen-bond acceptors (Lipinski definition) is 3. The standard InChI is InChI=1S/C18H32N2O/c1-5-15(6-2)20(13-14-21)18-12-10-9-11-16(18)17(7-3)19-8-4/h9-12,15,17,19,21H,5-8,13-14H2,1-4H3. The van der Waals surface area contributed by atoms with Crippen LogP contribution in [0.5, 0.6) is 0 Å². The van der Waals surface area contributed by atoms with Gasteiger partial charge in [-0.1, -0.05) is 45.9 Å². The number of aliphatic hydroxyl groups excluding tert-OH is 1. The van der Waals surface area contributed by atoms with Gasteiger partial charge < -0.3 is 15.3 Å². The fourth-order valence-corrected chi connectivity index (χ4v) is 3.10. The van der Waals surface area contributed by atoms with Gasteiger partial charge in [-0.15, -0.1) is 0 Å². The van der Waals surface area contributed by atoms with Crippen molar-refractivity contribution in [2.75, 3.05) is 24.6 Å². The van der Waals surface area contributed by atoms with Gasteiger partial charge in [-0.2, -0.15) is 0 Å². The van der Waals surface area contributed by atoms with Crippen LogP contribution in [0.15, 0.2) is 24.3 Å². The average Bonchev–Trinajstić information content (AvgIpc) is 2.53. The van der Waals surface area contributed by atoms with E-state index in [-0.39, 0.29) is 6.61 Å². The molecule has 0 fully saturated rings. The van der Waals surface area contributed by atoms with Crippen LogP contribution < -0.4 is 10.2 Å². The molecule has 0 aliphatic rings. The molecule has 0 radical (unpaired) electrons. The minimum Gasteiger partial charge on any atom is -0.395 e. The molecule has 1 unspecified atom stereocenters. The van der Waals surface area contributed by atoms with E-state index in [2.05, 4.69) is 62.2 Å². The third-order valence-corrected chi connectivity index (χ3v) is 4.20. The zero-order chi connectivity index (χ0) is 15.7. The highest BCUT2D eigenvalue weighted by atomic mass is 16.3. The second-order valence-electron chi connectivity index (χ2n) is 5.46. The van der Waals surface area contributed by atoms with Crippen molar-refractivity contribution in [2.45, 2.75) is 59.0 Å². The zero-order valence-corrected chi connectivity index (χ0v) is 14.1. The van der Waals surface area contributed by atoms with Gasteiger partial charge in [0.2, 0.25) is 0 Å². The molecule has 1 rings (SSSR count). The van der Waals surface area contributed by atoms with Crippen molar-refractivity contribution >= 4 is 5.69 Å². The van der Waals surface area contributed by atoms with Gasteiger partial charge in [0.25, 0.3) is 0 Å². The number of aliphatic hydroxyl groups is 1. The number of rotatable bonds is 10. The molecule has 0 saturated heterocycles. The molecular formula is C18H32N2O. The van der Waals surface area contributed by atoms with Gasteiger partial charge in [-0.3, -0.25) is 0 Å². The van der Waals surface area contributed by atoms with E-state index in [0.717, 1.165) is 25.8 Å². The quantitative estimate of drug-likeness (QED) is 0.689. The summed E-state index contributed by atoms with van der Waals surface area (Å²) in [5, 5.41) is 13.0. The SMILES string of the molecule is CCNC(CC)c1ccccc1N(CCO)C(CC)CC. The molecule has 0 aromatic heterocycles. The highest BCUT2D eigenvalue weighted by Gasteiger charge is 2.20. The molecule has 0 aliphatic heterocycles. The summed E-state index contributed by atoms with van der Waals surface area (Å²) in [4.78, 5) is 2.38. The Labute approximate surface area is 130 Å². The van der Waals surface area contributed by atoms with E-state index in [9.17, 15) is 5.11 Å². The monoisotopic (exact) mass is 292 g/mol. The Hall–Kier alpha value is -1.06. The Bertz CT molecular complexity index is 391. The van der Waals surface area contributed by atoms with E-state index in [4.69, 9.17) is 0 Å². The number of benzene rings is 1. The van der Waals surface area contributed by atoms with Gasteiger partial charge in [-0.05, 0) is 37.4 Å². The van der Waals surface area contributed by atoms with Gasteiger partial charge in [0, 0.05) is 24.3 Å².